The molecule has 0 unspecified atom stereocenters. The van der Waals surface area contributed by atoms with Gasteiger partial charge in [-0.15, -0.1) is 11.3 Å². The van der Waals surface area contributed by atoms with Crippen LogP contribution in [0.1, 0.15) is 0 Å². The van der Waals surface area contributed by atoms with Gasteiger partial charge in [0, 0.05) is 69.8 Å². The molecule has 0 saturated carbocycles. The monoisotopic (exact) mass is 921 g/mol. The van der Waals surface area contributed by atoms with Crippen molar-refractivity contribution in [2.75, 3.05) is 0 Å². The first-order chi connectivity index (χ1) is 35.2. The number of rotatable bonds is 6. The normalized spacial score (nSPS) is 11.9. The third kappa shape index (κ3) is 6.15. The van der Waals surface area contributed by atoms with Crippen molar-refractivity contribution >= 4 is 96.7 Å². The van der Waals surface area contributed by atoms with Gasteiger partial charge >= 0.3 is 0 Å². The van der Waals surface area contributed by atoms with Gasteiger partial charge in [-0.25, -0.2) is 15.0 Å². The van der Waals surface area contributed by atoms with E-state index in [9.17, 15) is 0 Å². The number of nitrogens with zero attached hydrogens (tertiary/aromatic N) is 5. The Labute approximate surface area is 411 Å². The standard InChI is InChI=1S/C65H39N5S/c1-3-18-41(19-4-1)63-66-64(68-65(67-63)51-28-15-31-56-60(51)50-26-12-14-30-55(50)69(56)44-22-5-2-6-23-44)49-35-34-45(70-54-29-13-11-25-47(54)53-37-42-20-7-8-21-43(42)38-57(53)70)39-52(49)48-27-16-32-58-62(48)61-46-24-10-9-17-40(46)33-36-59(61)71-58/h1-39H. The highest BCUT2D eigenvalue weighted by Crippen LogP contribution is 2.47. The van der Waals surface area contributed by atoms with Gasteiger partial charge in [-0.3, -0.25) is 0 Å². The molecule has 15 rings (SSSR count). The second-order valence-corrected chi connectivity index (χ2v) is 19.4. The lowest BCUT2D eigenvalue weighted by Gasteiger charge is -2.17. The molecule has 0 N–H and O–H groups in total. The Balaban J connectivity index is 1.05. The van der Waals surface area contributed by atoms with Crippen molar-refractivity contribution in [3.8, 4) is 56.7 Å². The largest absolute Gasteiger partial charge is 0.309 e. The van der Waals surface area contributed by atoms with Crippen LogP contribution in [0, 0.1) is 0 Å². The summed E-state index contributed by atoms with van der Waals surface area (Å²) in [6, 6.07) is 85.1. The maximum atomic E-state index is 5.60. The summed E-state index contributed by atoms with van der Waals surface area (Å²) in [5.74, 6) is 1.84. The van der Waals surface area contributed by atoms with Crippen molar-refractivity contribution in [2.45, 2.75) is 0 Å². The van der Waals surface area contributed by atoms with Crippen molar-refractivity contribution in [3.05, 3.63) is 237 Å². The van der Waals surface area contributed by atoms with Crippen LogP contribution in [-0.4, -0.2) is 24.1 Å². The number of thiophene rings is 1. The third-order valence-electron chi connectivity index (χ3n) is 14.3. The number of para-hydroxylation sites is 3. The molecule has 0 radical (unpaired) electrons. The number of benzene rings is 11. The van der Waals surface area contributed by atoms with Crippen LogP contribution in [0.3, 0.4) is 0 Å². The minimum absolute atomic E-state index is 0.605. The van der Waals surface area contributed by atoms with Crippen LogP contribution < -0.4 is 0 Å². The first kappa shape index (κ1) is 39.7. The lowest BCUT2D eigenvalue weighted by Crippen LogP contribution is -2.02. The van der Waals surface area contributed by atoms with Crippen molar-refractivity contribution in [1.82, 2.24) is 24.1 Å². The van der Waals surface area contributed by atoms with Gasteiger partial charge in [0.2, 0.25) is 0 Å². The molecule has 0 bridgehead atoms. The van der Waals surface area contributed by atoms with E-state index >= 15 is 0 Å². The average Bonchev–Trinajstić information content (AvgIpc) is 4.10. The van der Waals surface area contributed by atoms with E-state index in [1.165, 1.54) is 52.5 Å². The first-order valence-corrected chi connectivity index (χ1v) is 24.8. The van der Waals surface area contributed by atoms with E-state index < -0.39 is 0 Å². The highest BCUT2D eigenvalue weighted by atomic mass is 32.1. The summed E-state index contributed by atoms with van der Waals surface area (Å²) in [6.07, 6.45) is 0. The molecule has 71 heavy (non-hydrogen) atoms. The summed E-state index contributed by atoms with van der Waals surface area (Å²) in [7, 11) is 0. The van der Waals surface area contributed by atoms with E-state index in [2.05, 4.69) is 240 Å². The Morgan fingerprint density at radius 3 is 1.69 bits per heavy atom. The SMILES string of the molecule is c1ccc(-c2nc(-c3ccc(-n4c5ccccc5c5cc6ccccc6cc54)cc3-c3cccc4sc5ccc6ccccc6c5c34)nc(-c3cccc4c3c3ccccc3n4-c3ccccc3)n2)cc1. The van der Waals surface area contributed by atoms with Gasteiger partial charge in [-0.1, -0.05) is 164 Å². The van der Waals surface area contributed by atoms with Crippen LogP contribution in [0.4, 0.5) is 0 Å². The second kappa shape index (κ2) is 15.7. The fourth-order valence-corrected chi connectivity index (χ4v) is 12.4. The Morgan fingerprint density at radius 1 is 0.282 bits per heavy atom. The minimum atomic E-state index is 0.605. The molecule has 0 aliphatic carbocycles. The molecule has 15 aromatic rings. The minimum Gasteiger partial charge on any atom is -0.309 e. The Bertz CT molecular complexity index is 4640. The summed E-state index contributed by atoms with van der Waals surface area (Å²) in [5, 5.41) is 12.1. The van der Waals surface area contributed by atoms with Gasteiger partial charge in [0.1, 0.15) is 0 Å². The molecule has 330 valence electrons. The molecule has 5 nitrogen and oxygen atoms in total. The van der Waals surface area contributed by atoms with Crippen LogP contribution in [0.25, 0.3) is 142 Å². The lowest BCUT2D eigenvalue weighted by molar-refractivity contribution is 1.08. The van der Waals surface area contributed by atoms with E-state index in [0.717, 1.165) is 72.0 Å². The summed E-state index contributed by atoms with van der Waals surface area (Å²) in [4.78, 5) is 16.4. The van der Waals surface area contributed by atoms with E-state index in [1.807, 2.05) is 17.4 Å². The summed E-state index contributed by atoms with van der Waals surface area (Å²) < 4.78 is 7.27. The maximum absolute atomic E-state index is 5.60. The molecule has 0 atom stereocenters. The quantitative estimate of drug-likeness (QED) is 0.167. The summed E-state index contributed by atoms with van der Waals surface area (Å²) in [6.45, 7) is 0. The van der Waals surface area contributed by atoms with E-state index in [0.29, 0.717) is 17.5 Å². The topological polar surface area (TPSA) is 48.5 Å². The predicted molar refractivity (Wildman–Crippen MR) is 298 cm³/mol. The molecule has 0 amide bonds. The molecule has 0 saturated heterocycles. The van der Waals surface area contributed by atoms with E-state index in [4.69, 9.17) is 15.0 Å². The molecule has 11 aromatic carbocycles. The molecular weight excluding hydrogens is 883 g/mol. The fraction of sp³-hybridized carbons (Fsp3) is 0. The molecular formula is C65H39N5S. The zero-order valence-corrected chi connectivity index (χ0v) is 39.0. The van der Waals surface area contributed by atoms with E-state index in [1.54, 1.807) is 0 Å². The molecule has 4 heterocycles. The fourth-order valence-electron chi connectivity index (χ4n) is 11.2. The van der Waals surface area contributed by atoms with Crippen LogP contribution in [0.15, 0.2) is 237 Å². The lowest BCUT2D eigenvalue weighted by atomic mass is 9.93. The van der Waals surface area contributed by atoms with E-state index in [-0.39, 0.29) is 0 Å². The smallest absolute Gasteiger partial charge is 0.164 e. The van der Waals surface area contributed by atoms with Gasteiger partial charge in [-0.05, 0) is 105 Å². The van der Waals surface area contributed by atoms with Gasteiger partial charge in [0.25, 0.3) is 0 Å². The third-order valence-corrected chi connectivity index (χ3v) is 15.5. The molecule has 0 fully saturated rings. The van der Waals surface area contributed by atoms with Gasteiger partial charge < -0.3 is 9.13 Å². The zero-order chi connectivity index (χ0) is 46.6. The highest BCUT2D eigenvalue weighted by Gasteiger charge is 2.24. The maximum Gasteiger partial charge on any atom is 0.164 e. The summed E-state index contributed by atoms with van der Waals surface area (Å²) in [5.41, 5.74) is 11.6. The van der Waals surface area contributed by atoms with Crippen molar-refractivity contribution in [2.24, 2.45) is 0 Å². The number of hydrogen-bond donors (Lipinski definition) is 0. The van der Waals surface area contributed by atoms with Crippen LogP contribution in [-0.2, 0) is 0 Å². The number of fused-ring (bicyclic) bond motifs is 12. The number of hydrogen-bond acceptors (Lipinski definition) is 4. The van der Waals surface area contributed by atoms with Crippen molar-refractivity contribution < 1.29 is 0 Å². The second-order valence-electron chi connectivity index (χ2n) is 18.3. The van der Waals surface area contributed by atoms with Crippen LogP contribution >= 0.6 is 11.3 Å². The molecule has 0 aliphatic heterocycles. The van der Waals surface area contributed by atoms with Gasteiger partial charge in [-0.2, -0.15) is 0 Å². The molecule has 4 aromatic heterocycles. The van der Waals surface area contributed by atoms with Crippen molar-refractivity contribution in [1.29, 1.82) is 0 Å². The number of aromatic nitrogens is 5. The van der Waals surface area contributed by atoms with Gasteiger partial charge in [0.15, 0.2) is 17.5 Å². The average molecular weight is 922 g/mol. The summed E-state index contributed by atoms with van der Waals surface area (Å²) >= 11 is 1.85. The molecule has 0 aliphatic rings. The Morgan fingerprint density at radius 2 is 0.873 bits per heavy atom. The van der Waals surface area contributed by atoms with Gasteiger partial charge in [0.05, 0.1) is 22.1 Å². The highest BCUT2D eigenvalue weighted by molar-refractivity contribution is 7.26. The molecule has 0 spiro atoms. The van der Waals surface area contributed by atoms with Crippen molar-refractivity contribution in [3.63, 3.8) is 0 Å². The zero-order valence-electron chi connectivity index (χ0n) is 38.2. The van der Waals surface area contributed by atoms with Crippen LogP contribution in [0.2, 0.25) is 0 Å². The predicted octanol–water partition coefficient (Wildman–Crippen LogP) is 17.4. The Kier molecular flexibility index (Phi) is 8.76. The first-order valence-electron chi connectivity index (χ1n) is 24.0. The van der Waals surface area contributed by atoms with Crippen LogP contribution in [0.5, 0.6) is 0 Å². The molecule has 6 heteroatoms. The Hall–Kier alpha value is -9.23.